The number of rotatable bonds is 4. The van der Waals surface area contributed by atoms with E-state index in [2.05, 4.69) is 22.9 Å². The molecule has 12 heavy (non-hydrogen) atoms. The Hall–Kier alpha value is 0.480. The molecule has 0 aromatic heterocycles. The fourth-order valence-electron chi connectivity index (χ4n) is 2.52. The van der Waals surface area contributed by atoms with Crippen molar-refractivity contribution in [3.63, 3.8) is 0 Å². The van der Waals surface area contributed by atoms with Crippen molar-refractivity contribution in [3.05, 3.63) is 0 Å². The third kappa shape index (κ3) is 3.08. The Bertz CT molecular complexity index is 103. The van der Waals surface area contributed by atoms with Crippen LogP contribution in [-0.2, 0) is 0 Å². The van der Waals surface area contributed by atoms with Gasteiger partial charge >= 0.3 is 0 Å². The van der Waals surface area contributed by atoms with Gasteiger partial charge in [-0.3, -0.25) is 0 Å². The van der Waals surface area contributed by atoms with Crippen molar-refractivity contribution in [1.82, 2.24) is 0 Å². The average Bonchev–Trinajstić information content (AvgIpc) is 2.15. The van der Waals surface area contributed by atoms with Crippen LogP contribution in [0, 0.1) is 11.8 Å². The lowest BCUT2D eigenvalue weighted by molar-refractivity contribution is 0.237. The van der Waals surface area contributed by atoms with E-state index in [0.29, 0.717) is 0 Å². The Morgan fingerprint density at radius 2 is 1.92 bits per heavy atom. The SMILES string of the molecule is CC[C@@H](CCBr)C1CCCCC1. The van der Waals surface area contributed by atoms with Crippen LogP contribution >= 0.6 is 15.9 Å². The van der Waals surface area contributed by atoms with Crippen LogP contribution in [0.2, 0.25) is 0 Å². The van der Waals surface area contributed by atoms with Gasteiger partial charge in [-0.15, -0.1) is 0 Å². The van der Waals surface area contributed by atoms with Crippen molar-refractivity contribution in [1.29, 1.82) is 0 Å². The van der Waals surface area contributed by atoms with Crippen molar-refractivity contribution in [2.24, 2.45) is 11.8 Å². The highest BCUT2D eigenvalue weighted by Crippen LogP contribution is 2.33. The summed E-state index contributed by atoms with van der Waals surface area (Å²) in [5, 5.41) is 1.20. The van der Waals surface area contributed by atoms with Gasteiger partial charge < -0.3 is 0 Å². The molecule has 0 heterocycles. The van der Waals surface area contributed by atoms with Gasteiger partial charge in [0.1, 0.15) is 0 Å². The zero-order valence-corrected chi connectivity index (χ0v) is 9.78. The van der Waals surface area contributed by atoms with Crippen molar-refractivity contribution in [2.45, 2.75) is 51.9 Å². The van der Waals surface area contributed by atoms with Crippen molar-refractivity contribution < 1.29 is 0 Å². The molecule has 0 N–H and O–H groups in total. The number of hydrogen-bond donors (Lipinski definition) is 0. The molecule has 1 aliphatic carbocycles. The van der Waals surface area contributed by atoms with Crippen LogP contribution in [0.15, 0.2) is 0 Å². The molecular formula is C11H21Br. The van der Waals surface area contributed by atoms with E-state index >= 15 is 0 Å². The first-order chi connectivity index (χ1) is 5.88. The standard InChI is InChI=1S/C11H21Br/c1-2-10(8-9-12)11-6-4-3-5-7-11/h10-11H,2-9H2,1H3/t10-/m0/s1. The highest BCUT2D eigenvalue weighted by molar-refractivity contribution is 9.09. The molecule has 1 saturated carbocycles. The molecule has 1 heteroatoms. The van der Waals surface area contributed by atoms with Crippen LogP contribution in [-0.4, -0.2) is 5.33 Å². The Kier molecular flexibility index (Phi) is 5.29. The fourth-order valence-corrected chi connectivity index (χ4v) is 3.11. The lowest BCUT2D eigenvalue weighted by Crippen LogP contribution is -2.17. The van der Waals surface area contributed by atoms with E-state index in [1.54, 1.807) is 0 Å². The largest absolute Gasteiger partial charge is 0.0928 e. The molecule has 0 aromatic carbocycles. The Morgan fingerprint density at radius 3 is 2.42 bits per heavy atom. The van der Waals surface area contributed by atoms with Gasteiger partial charge in [0.2, 0.25) is 0 Å². The maximum Gasteiger partial charge on any atom is 0.00340 e. The first-order valence-electron chi connectivity index (χ1n) is 5.44. The summed E-state index contributed by atoms with van der Waals surface area (Å²) >= 11 is 3.56. The van der Waals surface area contributed by atoms with Gasteiger partial charge in [0.25, 0.3) is 0 Å². The summed E-state index contributed by atoms with van der Waals surface area (Å²) in [7, 11) is 0. The van der Waals surface area contributed by atoms with E-state index in [9.17, 15) is 0 Å². The predicted molar refractivity (Wildman–Crippen MR) is 58.8 cm³/mol. The van der Waals surface area contributed by atoms with Crippen molar-refractivity contribution in [3.8, 4) is 0 Å². The summed E-state index contributed by atoms with van der Waals surface area (Å²) in [6.45, 7) is 2.35. The minimum atomic E-state index is 1.00. The summed E-state index contributed by atoms with van der Waals surface area (Å²) in [6.07, 6.45) is 10.3. The Morgan fingerprint density at radius 1 is 1.25 bits per heavy atom. The smallest absolute Gasteiger partial charge is 0.00340 e. The van der Waals surface area contributed by atoms with Gasteiger partial charge in [0.15, 0.2) is 0 Å². The molecule has 0 aliphatic heterocycles. The molecule has 1 aliphatic rings. The van der Waals surface area contributed by atoms with Crippen LogP contribution in [0.5, 0.6) is 0 Å². The molecule has 72 valence electrons. The van der Waals surface area contributed by atoms with Crippen LogP contribution < -0.4 is 0 Å². The summed E-state index contributed by atoms with van der Waals surface area (Å²) in [6, 6.07) is 0. The molecule has 0 unspecified atom stereocenters. The van der Waals surface area contributed by atoms with Gasteiger partial charge in [-0.2, -0.15) is 0 Å². The highest BCUT2D eigenvalue weighted by atomic mass is 79.9. The van der Waals surface area contributed by atoms with Gasteiger partial charge in [0, 0.05) is 5.33 Å². The highest BCUT2D eigenvalue weighted by Gasteiger charge is 2.21. The molecule has 0 amide bonds. The molecule has 0 spiro atoms. The van der Waals surface area contributed by atoms with Gasteiger partial charge in [0.05, 0.1) is 0 Å². The van der Waals surface area contributed by atoms with E-state index in [1.807, 2.05) is 0 Å². The quantitative estimate of drug-likeness (QED) is 0.632. The van der Waals surface area contributed by atoms with E-state index in [-0.39, 0.29) is 0 Å². The molecule has 0 bridgehead atoms. The molecule has 0 radical (unpaired) electrons. The molecule has 0 saturated heterocycles. The second kappa shape index (κ2) is 6.01. The minimum absolute atomic E-state index is 1.00. The minimum Gasteiger partial charge on any atom is -0.0928 e. The summed E-state index contributed by atoms with van der Waals surface area (Å²) in [5.41, 5.74) is 0. The number of alkyl halides is 1. The number of halogens is 1. The molecule has 1 fully saturated rings. The van der Waals surface area contributed by atoms with Gasteiger partial charge in [-0.1, -0.05) is 61.4 Å². The lowest BCUT2D eigenvalue weighted by atomic mass is 9.78. The third-order valence-electron chi connectivity index (χ3n) is 3.32. The monoisotopic (exact) mass is 232 g/mol. The van der Waals surface area contributed by atoms with Gasteiger partial charge in [-0.05, 0) is 18.3 Å². The van der Waals surface area contributed by atoms with Crippen LogP contribution in [0.1, 0.15) is 51.9 Å². The maximum atomic E-state index is 3.56. The lowest BCUT2D eigenvalue weighted by Gasteiger charge is -2.29. The molecule has 0 aromatic rings. The van der Waals surface area contributed by atoms with Crippen molar-refractivity contribution >= 4 is 15.9 Å². The normalized spacial score (nSPS) is 22.5. The van der Waals surface area contributed by atoms with E-state index in [0.717, 1.165) is 11.8 Å². The van der Waals surface area contributed by atoms with E-state index < -0.39 is 0 Å². The average molecular weight is 233 g/mol. The zero-order valence-electron chi connectivity index (χ0n) is 8.19. The molecular weight excluding hydrogens is 212 g/mol. The molecule has 1 rings (SSSR count). The molecule has 1 atom stereocenters. The second-order valence-electron chi connectivity index (χ2n) is 4.04. The Balaban J connectivity index is 2.29. The van der Waals surface area contributed by atoms with Gasteiger partial charge in [-0.25, -0.2) is 0 Å². The first kappa shape index (κ1) is 10.6. The zero-order chi connectivity index (χ0) is 8.81. The third-order valence-corrected chi connectivity index (χ3v) is 3.78. The number of hydrogen-bond acceptors (Lipinski definition) is 0. The summed E-state index contributed by atoms with van der Waals surface area (Å²) in [4.78, 5) is 0. The second-order valence-corrected chi connectivity index (χ2v) is 4.84. The topological polar surface area (TPSA) is 0 Å². The van der Waals surface area contributed by atoms with E-state index in [4.69, 9.17) is 0 Å². The predicted octanol–water partition coefficient (Wildman–Crippen LogP) is 4.38. The van der Waals surface area contributed by atoms with Crippen molar-refractivity contribution in [2.75, 3.05) is 5.33 Å². The first-order valence-corrected chi connectivity index (χ1v) is 6.56. The maximum absolute atomic E-state index is 3.56. The fraction of sp³-hybridized carbons (Fsp3) is 1.00. The van der Waals surface area contributed by atoms with Crippen LogP contribution in [0.4, 0.5) is 0 Å². The Labute approximate surface area is 85.3 Å². The van der Waals surface area contributed by atoms with Crippen LogP contribution in [0.25, 0.3) is 0 Å². The summed E-state index contributed by atoms with van der Waals surface area (Å²) < 4.78 is 0. The summed E-state index contributed by atoms with van der Waals surface area (Å²) in [5.74, 6) is 2.06. The van der Waals surface area contributed by atoms with Crippen LogP contribution in [0.3, 0.4) is 0 Å². The molecule has 0 nitrogen and oxygen atoms in total. The van der Waals surface area contributed by atoms with E-state index in [1.165, 1.54) is 50.3 Å².